The molecule has 1 aliphatic rings. The van der Waals surface area contributed by atoms with Gasteiger partial charge in [0.1, 0.15) is 0 Å². The minimum atomic E-state index is -4.82. The second kappa shape index (κ2) is 10.4. The lowest BCUT2D eigenvalue weighted by atomic mass is 9.86. The topological polar surface area (TPSA) is 79.8 Å². The summed E-state index contributed by atoms with van der Waals surface area (Å²) < 4.78 is 42.7. The second-order valence-corrected chi connectivity index (χ2v) is 9.29. The summed E-state index contributed by atoms with van der Waals surface area (Å²) in [5.41, 5.74) is -1.28. The van der Waals surface area contributed by atoms with Crippen LogP contribution in [0.4, 0.5) is 18.9 Å². The SMILES string of the molecule is Cc1cc(C2=NOC(c3cc(Cl)cc(Cl)c3)(C(F)(F)F)C2)ccc1C(=O)NCC(=O)Nc1ccccc1. The molecule has 0 aromatic heterocycles. The quantitative estimate of drug-likeness (QED) is 0.381. The Morgan fingerprint density at radius 1 is 1.03 bits per heavy atom. The molecule has 1 aliphatic heterocycles. The predicted molar refractivity (Wildman–Crippen MR) is 135 cm³/mol. The summed E-state index contributed by atoms with van der Waals surface area (Å²) in [6.07, 6.45) is -5.43. The Balaban J connectivity index is 1.48. The normalized spacial score (nSPS) is 17.1. The van der Waals surface area contributed by atoms with Crippen LogP contribution >= 0.6 is 23.2 Å². The number of nitrogens with one attached hydrogen (secondary N) is 2. The van der Waals surface area contributed by atoms with E-state index in [-0.39, 0.29) is 33.4 Å². The van der Waals surface area contributed by atoms with Gasteiger partial charge in [0.25, 0.3) is 11.5 Å². The molecule has 1 atom stereocenters. The summed E-state index contributed by atoms with van der Waals surface area (Å²) >= 11 is 11.9. The zero-order valence-electron chi connectivity index (χ0n) is 19.3. The first-order chi connectivity index (χ1) is 17.5. The lowest BCUT2D eigenvalue weighted by Gasteiger charge is -2.29. The highest BCUT2D eigenvalue weighted by atomic mass is 35.5. The molecule has 2 amide bonds. The lowest BCUT2D eigenvalue weighted by Crippen LogP contribution is -2.42. The molecule has 1 unspecified atom stereocenters. The van der Waals surface area contributed by atoms with Gasteiger partial charge in [-0.3, -0.25) is 9.59 Å². The van der Waals surface area contributed by atoms with Crippen molar-refractivity contribution in [3.8, 4) is 0 Å². The standard InChI is InChI=1S/C26H20Cl2F3N3O3/c1-15-9-16(7-8-21(15)24(36)32-14-23(35)33-20-5-3-2-4-6-20)22-13-25(37-34-22,26(29,30)31)17-10-18(27)12-19(28)11-17/h2-12H,13-14H2,1H3,(H,32,36)(H,33,35). The largest absolute Gasteiger partial charge is 0.435 e. The van der Waals surface area contributed by atoms with Gasteiger partial charge in [0, 0.05) is 33.3 Å². The molecule has 2 N–H and O–H groups in total. The summed E-state index contributed by atoms with van der Waals surface area (Å²) in [5, 5.41) is 8.99. The first kappa shape index (κ1) is 26.5. The lowest BCUT2D eigenvalue weighted by molar-refractivity contribution is -0.275. The van der Waals surface area contributed by atoms with Gasteiger partial charge in [0.05, 0.1) is 12.3 Å². The highest BCUT2D eigenvalue weighted by Gasteiger charge is 2.62. The number of carbonyl (C=O) groups is 2. The Morgan fingerprint density at radius 2 is 1.70 bits per heavy atom. The molecule has 0 fully saturated rings. The fourth-order valence-electron chi connectivity index (χ4n) is 3.93. The zero-order chi connectivity index (χ0) is 26.8. The van der Waals surface area contributed by atoms with E-state index in [9.17, 15) is 22.8 Å². The number of alkyl halides is 3. The van der Waals surface area contributed by atoms with Gasteiger partial charge in [-0.2, -0.15) is 13.2 Å². The van der Waals surface area contributed by atoms with Crippen LogP contribution in [-0.4, -0.2) is 30.2 Å². The summed E-state index contributed by atoms with van der Waals surface area (Å²) in [4.78, 5) is 29.7. The molecule has 37 heavy (non-hydrogen) atoms. The fraction of sp³-hybridized carbons (Fsp3) is 0.192. The van der Waals surface area contributed by atoms with E-state index in [4.69, 9.17) is 28.0 Å². The zero-order valence-corrected chi connectivity index (χ0v) is 20.8. The Labute approximate surface area is 220 Å². The minimum Gasteiger partial charge on any atom is -0.374 e. The maximum Gasteiger partial charge on any atom is 0.435 e. The molecule has 1 heterocycles. The van der Waals surface area contributed by atoms with Gasteiger partial charge in [-0.1, -0.05) is 52.6 Å². The average molecular weight is 550 g/mol. The number of carbonyl (C=O) groups excluding carboxylic acids is 2. The van der Waals surface area contributed by atoms with E-state index >= 15 is 0 Å². The average Bonchev–Trinajstić information content (AvgIpc) is 3.30. The monoisotopic (exact) mass is 549 g/mol. The van der Waals surface area contributed by atoms with Gasteiger partial charge in [-0.15, -0.1) is 0 Å². The van der Waals surface area contributed by atoms with Crippen molar-refractivity contribution in [2.75, 3.05) is 11.9 Å². The van der Waals surface area contributed by atoms with Crippen LogP contribution in [-0.2, 0) is 15.2 Å². The van der Waals surface area contributed by atoms with Crippen molar-refractivity contribution < 1.29 is 27.6 Å². The van der Waals surface area contributed by atoms with Gasteiger partial charge in [-0.25, -0.2) is 0 Å². The molecule has 0 saturated heterocycles. The van der Waals surface area contributed by atoms with Crippen LogP contribution in [0.3, 0.4) is 0 Å². The number of aryl methyl sites for hydroxylation is 1. The molecule has 4 rings (SSSR count). The molecular weight excluding hydrogens is 530 g/mol. The van der Waals surface area contributed by atoms with E-state index < -0.39 is 30.0 Å². The smallest absolute Gasteiger partial charge is 0.374 e. The molecule has 3 aromatic rings. The third-order valence-corrected chi connectivity index (χ3v) is 6.22. The van der Waals surface area contributed by atoms with Crippen molar-refractivity contribution in [3.05, 3.63) is 99.0 Å². The van der Waals surface area contributed by atoms with Crippen LogP contribution in [0.2, 0.25) is 10.0 Å². The number of rotatable bonds is 6. The van der Waals surface area contributed by atoms with E-state index in [0.717, 1.165) is 12.1 Å². The number of anilines is 1. The van der Waals surface area contributed by atoms with Crippen molar-refractivity contribution in [1.82, 2.24) is 5.32 Å². The van der Waals surface area contributed by atoms with E-state index in [0.29, 0.717) is 16.8 Å². The van der Waals surface area contributed by atoms with Crippen molar-refractivity contribution in [2.24, 2.45) is 5.16 Å². The number of para-hydroxylation sites is 1. The van der Waals surface area contributed by atoms with Crippen molar-refractivity contribution in [2.45, 2.75) is 25.1 Å². The van der Waals surface area contributed by atoms with E-state index in [1.807, 2.05) is 6.07 Å². The number of hydrogen-bond donors (Lipinski definition) is 2. The van der Waals surface area contributed by atoms with Crippen LogP contribution < -0.4 is 10.6 Å². The van der Waals surface area contributed by atoms with Crippen molar-refractivity contribution >= 4 is 46.4 Å². The number of oxime groups is 1. The van der Waals surface area contributed by atoms with E-state index in [1.165, 1.54) is 18.2 Å². The number of hydrogen-bond acceptors (Lipinski definition) is 4. The first-order valence-corrected chi connectivity index (χ1v) is 11.8. The Bertz CT molecular complexity index is 1360. The molecule has 6 nitrogen and oxygen atoms in total. The summed E-state index contributed by atoms with van der Waals surface area (Å²) in [6.45, 7) is 1.37. The Kier molecular flexibility index (Phi) is 7.47. The molecule has 0 spiro atoms. The molecule has 3 aromatic carbocycles. The molecule has 0 aliphatic carbocycles. The van der Waals surface area contributed by atoms with Gasteiger partial charge < -0.3 is 15.5 Å². The van der Waals surface area contributed by atoms with Crippen LogP contribution in [0.1, 0.15) is 33.5 Å². The van der Waals surface area contributed by atoms with Gasteiger partial charge in [0.2, 0.25) is 5.91 Å². The first-order valence-electron chi connectivity index (χ1n) is 11.0. The third-order valence-electron chi connectivity index (χ3n) is 5.79. The van der Waals surface area contributed by atoms with Gasteiger partial charge in [0.15, 0.2) is 0 Å². The summed E-state index contributed by atoms with van der Waals surface area (Å²) in [6, 6.07) is 16.9. The van der Waals surface area contributed by atoms with Crippen LogP contribution in [0.15, 0.2) is 71.9 Å². The highest BCUT2D eigenvalue weighted by Crippen LogP contribution is 2.49. The van der Waals surface area contributed by atoms with Crippen LogP contribution in [0, 0.1) is 6.92 Å². The number of halogens is 5. The number of nitrogens with zero attached hydrogens (tertiary/aromatic N) is 1. The molecule has 192 valence electrons. The van der Waals surface area contributed by atoms with Crippen molar-refractivity contribution in [3.63, 3.8) is 0 Å². The third kappa shape index (κ3) is 5.73. The summed E-state index contributed by atoms with van der Waals surface area (Å²) in [7, 11) is 0. The molecule has 0 bridgehead atoms. The Hall–Kier alpha value is -3.56. The molecular formula is C26H20Cl2F3N3O3. The molecule has 0 saturated carbocycles. The van der Waals surface area contributed by atoms with Crippen LogP contribution in [0.5, 0.6) is 0 Å². The number of benzene rings is 3. The minimum absolute atomic E-state index is 0.0341. The maximum atomic E-state index is 14.2. The summed E-state index contributed by atoms with van der Waals surface area (Å²) in [5.74, 6) is -0.911. The fourth-order valence-corrected chi connectivity index (χ4v) is 4.45. The van der Waals surface area contributed by atoms with E-state index in [1.54, 1.807) is 37.3 Å². The molecule has 11 heteroatoms. The Morgan fingerprint density at radius 3 is 2.32 bits per heavy atom. The van der Waals surface area contributed by atoms with Crippen LogP contribution in [0.25, 0.3) is 0 Å². The number of amides is 2. The molecule has 0 radical (unpaired) electrons. The predicted octanol–water partition coefficient (Wildman–Crippen LogP) is 6.25. The maximum absolute atomic E-state index is 14.2. The highest BCUT2D eigenvalue weighted by molar-refractivity contribution is 6.34. The van der Waals surface area contributed by atoms with Crippen molar-refractivity contribution in [1.29, 1.82) is 0 Å². The van der Waals surface area contributed by atoms with Gasteiger partial charge in [-0.05, 0) is 60.5 Å². The second-order valence-electron chi connectivity index (χ2n) is 8.42. The van der Waals surface area contributed by atoms with Gasteiger partial charge >= 0.3 is 6.18 Å². The van der Waals surface area contributed by atoms with E-state index in [2.05, 4.69) is 15.8 Å².